The highest BCUT2D eigenvalue weighted by atomic mass is 79.9. The molecule has 1 aliphatic rings. The summed E-state index contributed by atoms with van der Waals surface area (Å²) in [5.74, 6) is 1.79. The minimum absolute atomic E-state index is 0.0513. The molecule has 138 valence electrons. The van der Waals surface area contributed by atoms with E-state index in [1.807, 2.05) is 42.5 Å². The summed E-state index contributed by atoms with van der Waals surface area (Å²) in [6.07, 6.45) is 2.34. The average molecular weight is 443 g/mol. The average Bonchev–Trinajstić information content (AvgIpc) is 3.45. The van der Waals surface area contributed by atoms with Crippen LogP contribution in [0.25, 0.3) is 0 Å². The van der Waals surface area contributed by atoms with Crippen molar-refractivity contribution in [3.63, 3.8) is 0 Å². The largest absolute Gasteiger partial charge is 0.325 e. The Morgan fingerprint density at radius 2 is 1.85 bits per heavy atom. The molecule has 0 atom stereocenters. The van der Waals surface area contributed by atoms with E-state index in [0.717, 1.165) is 27.7 Å². The van der Waals surface area contributed by atoms with Crippen LogP contribution in [0.3, 0.4) is 0 Å². The summed E-state index contributed by atoms with van der Waals surface area (Å²) in [7, 11) is 0. The van der Waals surface area contributed by atoms with E-state index < -0.39 is 0 Å². The topological polar surface area (TPSA) is 59.8 Å². The van der Waals surface area contributed by atoms with Gasteiger partial charge in [0.15, 0.2) is 5.16 Å². The van der Waals surface area contributed by atoms with Crippen LogP contribution >= 0.6 is 27.7 Å². The van der Waals surface area contributed by atoms with Crippen molar-refractivity contribution >= 4 is 39.3 Å². The fourth-order valence-electron chi connectivity index (χ4n) is 2.83. The summed E-state index contributed by atoms with van der Waals surface area (Å²) in [5.41, 5.74) is 1.99. The van der Waals surface area contributed by atoms with Gasteiger partial charge in [-0.1, -0.05) is 58.0 Å². The molecule has 1 N–H and O–H groups in total. The second kappa shape index (κ2) is 8.27. The van der Waals surface area contributed by atoms with Gasteiger partial charge in [-0.05, 0) is 42.7 Å². The molecule has 0 spiro atoms. The Morgan fingerprint density at radius 3 is 2.56 bits per heavy atom. The van der Waals surface area contributed by atoms with Crippen LogP contribution in [-0.2, 0) is 11.3 Å². The molecular formula is C20H19BrN4OS. The second-order valence-corrected chi connectivity index (χ2v) is 8.39. The fourth-order valence-corrected chi connectivity index (χ4v) is 3.83. The van der Waals surface area contributed by atoms with E-state index in [0.29, 0.717) is 11.7 Å². The second-order valence-electron chi connectivity index (χ2n) is 6.53. The lowest BCUT2D eigenvalue weighted by molar-refractivity contribution is -0.113. The Labute approximate surface area is 170 Å². The molecule has 1 amide bonds. The van der Waals surface area contributed by atoms with Crippen LogP contribution in [-0.4, -0.2) is 26.4 Å². The maximum atomic E-state index is 12.3. The van der Waals surface area contributed by atoms with Crippen molar-refractivity contribution in [2.24, 2.45) is 0 Å². The number of amides is 1. The predicted molar refractivity (Wildman–Crippen MR) is 111 cm³/mol. The van der Waals surface area contributed by atoms with Gasteiger partial charge in [-0.3, -0.25) is 4.79 Å². The molecule has 5 nitrogen and oxygen atoms in total. The van der Waals surface area contributed by atoms with Crippen LogP contribution in [0.5, 0.6) is 0 Å². The van der Waals surface area contributed by atoms with Crippen LogP contribution in [0.2, 0.25) is 0 Å². The summed E-state index contributed by atoms with van der Waals surface area (Å²) in [4.78, 5) is 12.3. The van der Waals surface area contributed by atoms with E-state index >= 15 is 0 Å². The molecule has 3 aromatic rings. The first kappa shape index (κ1) is 18.3. The van der Waals surface area contributed by atoms with E-state index in [4.69, 9.17) is 0 Å². The first-order chi connectivity index (χ1) is 13.2. The quantitative estimate of drug-likeness (QED) is 0.538. The van der Waals surface area contributed by atoms with Gasteiger partial charge in [0, 0.05) is 16.1 Å². The monoisotopic (exact) mass is 442 g/mol. The highest BCUT2D eigenvalue weighted by Gasteiger charge is 2.30. The Hall–Kier alpha value is -2.12. The zero-order valence-corrected chi connectivity index (χ0v) is 17.0. The molecule has 1 aromatic heterocycles. The normalized spacial score (nSPS) is 13.5. The Morgan fingerprint density at radius 1 is 1.11 bits per heavy atom. The number of aromatic nitrogens is 3. The number of rotatable bonds is 7. The van der Waals surface area contributed by atoms with Crippen molar-refractivity contribution in [3.8, 4) is 0 Å². The molecule has 27 heavy (non-hydrogen) atoms. The van der Waals surface area contributed by atoms with Gasteiger partial charge in [0.25, 0.3) is 0 Å². The lowest BCUT2D eigenvalue weighted by Gasteiger charge is -2.10. The molecular weight excluding hydrogens is 424 g/mol. The Kier molecular flexibility index (Phi) is 5.59. The molecule has 0 aliphatic heterocycles. The molecule has 0 saturated heterocycles. The predicted octanol–water partition coefficient (Wildman–Crippen LogP) is 4.70. The van der Waals surface area contributed by atoms with E-state index in [-0.39, 0.29) is 5.91 Å². The number of thioether (sulfide) groups is 1. The van der Waals surface area contributed by atoms with Gasteiger partial charge >= 0.3 is 0 Å². The zero-order chi connectivity index (χ0) is 18.6. The smallest absolute Gasteiger partial charge is 0.234 e. The van der Waals surface area contributed by atoms with Gasteiger partial charge in [0.05, 0.1) is 12.3 Å². The van der Waals surface area contributed by atoms with Gasteiger partial charge in [-0.25, -0.2) is 0 Å². The van der Waals surface area contributed by atoms with Gasteiger partial charge < -0.3 is 9.88 Å². The van der Waals surface area contributed by atoms with E-state index in [1.54, 1.807) is 0 Å². The maximum absolute atomic E-state index is 12.3. The number of hydrogen-bond donors (Lipinski definition) is 1. The van der Waals surface area contributed by atoms with Crippen molar-refractivity contribution in [2.45, 2.75) is 30.5 Å². The standard InChI is InChI=1S/C20H19BrN4OS/c21-16-8-10-17(11-9-16)22-18(26)13-27-20-24-23-19(15-6-7-15)25(20)12-14-4-2-1-3-5-14/h1-5,8-11,15H,6-7,12-13H2,(H,22,26). The van der Waals surface area contributed by atoms with E-state index in [9.17, 15) is 4.79 Å². The number of halogens is 1. The molecule has 0 unspecified atom stereocenters. The van der Waals surface area contributed by atoms with Crippen molar-refractivity contribution < 1.29 is 4.79 Å². The zero-order valence-electron chi connectivity index (χ0n) is 14.6. The van der Waals surface area contributed by atoms with Gasteiger partial charge in [-0.15, -0.1) is 10.2 Å². The number of nitrogens with zero attached hydrogens (tertiary/aromatic N) is 3. The summed E-state index contributed by atoms with van der Waals surface area (Å²) in [5, 5.41) is 12.5. The van der Waals surface area contributed by atoms with Crippen molar-refractivity contribution in [1.82, 2.24) is 14.8 Å². The molecule has 0 radical (unpaired) electrons. The lowest BCUT2D eigenvalue weighted by atomic mass is 10.2. The van der Waals surface area contributed by atoms with Crippen molar-refractivity contribution in [2.75, 3.05) is 11.1 Å². The van der Waals surface area contributed by atoms with Crippen LogP contribution in [0.15, 0.2) is 64.2 Å². The first-order valence-electron chi connectivity index (χ1n) is 8.84. The fraction of sp³-hybridized carbons (Fsp3) is 0.250. The number of carbonyl (C=O) groups excluding carboxylic acids is 1. The van der Waals surface area contributed by atoms with E-state index in [2.05, 4.69) is 48.1 Å². The summed E-state index contributed by atoms with van der Waals surface area (Å²) in [6.45, 7) is 0.732. The third kappa shape index (κ3) is 4.78. The van der Waals surface area contributed by atoms with Crippen LogP contribution in [0, 0.1) is 0 Å². The van der Waals surface area contributed by atoms with Crippen LogP contribution in [0.4, 0.5) is 5.69 Å². The van der Waals surface area contributed by atoms with Crippen molar-refractivity contribution in [1.29, 1.82) is 0 Å². The highest BCUT2D eigenvalue weighted by Crippen LogP contribution is 2.40. The minimum atomic E-state index is -0.0513. The Balaban J connectivity index is 1.43. The van der Waals surface area contributed by atoms with Gasteiger partial charge in [0.2, 0.25) is 5.91 Å². The van der Waals surface area contributed by atoms with Crippen LogP contribution in [0.1, 0.15) is 30.1 Å². The Bertz CT molecular complexity index is 923. The molecule has 1 heterocycles. The van der Waals surface area contributed by atoms with Crippen molar-refractivity contribution in [3.05, 3.63) is 70.5 Å². The summed E-state index contributed by atoms with van der Waals surface area (Å²) >= 11 is 4.82. The number of nitrogens with one attached hydrogen (secondary N) is 1. The molecule has 1 saturated carbocycles. The number of benzene rings is 2. The number of carbonyl (C=O) groups is 1. The number of hydrogen-bond acceptors (Lipinski definition) is 4. The molecule has 4 rings (SSSR count). The maximum Gasteiger partial charge on any atom is 0.234 e. The minimum Gasteiger partial charge on any atom is -0.325 e. The molecule has 1 aliphatic carbocycles. The summed E-state index contributed by atoms with van der Waals surface area (Å²) < 4.78 is 3.14. The molecule has 7 heteroatoms. The first-order valence-corrected chi connectivity index (χ1v) is 10.6. The van der Waals surface area contributed by atoms with Gasteiger partial charge in [-0.2, -0.15) is 0 Å². The molecule has 1 fully saturated rings. The van der Waals surface area contributed by atoms with Gasteiger partial charge in [0.1, 0.15) is 5.82 Å². The van der Waals surface area contributed by atoms with Crippen LogP contribution < -0.4 is 5.32 Å². The molecule has 2 aromatic carbocycles. The lowest BCUT2D eigenvalue weighted by Crippen LogP contribution is -2.15. The number of anilines is 1. The van der Waals surface area contributed by atoms with E-state index in [1.165, 1.54) is 30.2 Å². The molecule has 0 bridgehead atoms. The SMILES string of the molecule is O=C(CSc1nnc(C2CC2)n1Cc1ccccc1)Nc1ccc(Br)cc1. The summed E-state index contributed by atoms with van der Waals surface area (Å²) in [6, 6.07) is 17.8. The highest BCUT2D eigenvalue weighted by molar-refractivity contribution is 9.10. The third-order valence-electron chi connectivity index (χ3n) is 4.33. The third-order valence-corrected chi connectivity index (χ3v) is 5.83.